The maximum absolute atomic E-state index is 10.8. The summed E-state index contributed by atoms with van der Waals surface area (Å²) in [5.41, 5.74) is 1.01. The van der Waals surface area contributed by atoms with Gasteiger partial charge in [0.05, 0.1) is 0 Å². The number of carboxylic acids is 1. The van der Waals surface area contributed by atoms with E-state index >= 15 is 0 Å². The molecule has 1 atom stereocenters. The lowest BCUT2D eigenvalue weighted by molar-refractivity contribution is -0.135. The topological polar surface area (TPSA) is 37.3 Å². The maximum Gasteiger partial charge on any atom is 0.321 e. The number of carboxylic acid groups (broad SMARTS) is 1. The van der Waals surface area contributed by atoms with E-state index in [9.17, 15) is 4.79 Å². The highest BCUT2D eigenvalue weighted by molar-refractivity contribution is 7.87. The van der Waals surface area contributed by atoms with Gasteiger partial charge in [0.15, 0.2) is 0 Å². The minimum atomic E-state index is -0.996. The Bertz CT molecular complexity index is 608. The molecule has 0 bridgehead atoms. The fourth-order valence-corrected chi connectivity index (χ4v) is 2.14. The standard InChI is InChI=1S/C14H12O2S2/c15-14(16)13(18)12(17)8-9-5-6-10-3-1-2-4-11(10)7-9/h1-7,13,18H,8H2,(H,15,16). The van der Waals surface area contributed by atoms with E-state index in [-0.39, 0.29) is 0 Å². The maximum atomic E-state index is 10.8. The summed E-state index contributed by atoms with van der Waals surface area (Å²) in [6.45, 7) is 0. The van der Waals surface area contributed by atoms with Gasteiger partial charge in [-0.3, -0.25) is 4.79 Å². The lowest BCUT2D eigenvalue weighted by atomic mass is 10.0. The molecule has 0 aromatic heterocycles. The first-order valence-corrected chi connectivity index (χ1v) is 6.41. The van der Waals surface area contributed by atoms with Crippen LogP contribution in [0.2, 0.25) is 0 Å². The fourth-order valence-electron chi connectivity index (χ4n) is 1.78. The molecule has 0 radical (unpaired) electrons. The van der Waals surface area contributed by atoms with Crippen LogP contribution in [0.15, 0.2) is 42.5 Å². The van der Waals surface area contributed by atoms with Crippen molar-refractivity contribution in [1.82, 2.24) is 0 Å². The van der Waals surface area contributed by atoms with Gasteiger partial charge in [-0.1, -0.05) is 54.7 Å². The van der Waals surface area contributed by atoms with Crippen LogP contribution in [-0.2, 0) is 11.2 Å². The molecule has 0 spiro atoms. The molecule has 2 rings (SSSR count). The quantitative estimate of drug-likeness (QED) is 0.665. The number of thiol groups is 1. The number of thiocarbonyl (C=S) groups is 1. The highest BCUT2D eigenvalue weighted by atomic mass is 32.1. The molecule has 1 N–H and O–H groups in total. The Morgan fingerprint density at radius 1 is 1.22 bits per heavy atom. The Morgan fingerprint density at radius 2 is 1.89 bits per heavy atom. The average molecular weight is 276 g/mol. The third-order valence-electron chi connectivity index (χ3n) is 2.73. The van der Waals surface area contributed by atoms with Gasteiger partial charge in [0.25, 0.3) is 0 Å². The van der Waals surface area contributed by atoms with Gasteiger partial charge >= 0.3 is 5.97 Å². The van der Waals surface area contributed by atoms with Crippen molar-refractivity contribution < 1.29 is 9.90 Å². The summed E-state index contributed by atoms with van der Waals surface area (Å²) in [7, 11) is 0. The molecule has 18 heavy (non-hydrogen) atoms. The van der Waals surface area contributed by atoms with E-state index in [1.165, 1.54) is 0 Å². The van der Waals surface area contributed by atoms with E-state index < -0.39 is 11.2 Å². The minimum absolute atomic E-state index is 0.432. The van der Waals surface area contributed by atoms with E-state index in [2.05, 4.69) is 12.6 Å². The van der Waals surface area contributed by atoms with E-state index in [1.807, 2.05) is 42.5 Å². The molecule has 0 saturated carbocycles. The first-order valence-electron chi connectivity index (χ1n) is 5.49. The summed E-state index contributed by atoms with van der Waals surface area (Å²) >= 11 is 9.08. The van der Waals surface area contributed by atoms with Gasteiger partial charge in [-0.25, -0.2) is 0 Å². The summed E-state index contributed by atoms with van der Waals surface area (Å²) in [6, 6.07) is 14.0. The smallest absolute Gasteiger partial charge is 0.321 e. The minimum Gasteiger partial charge on any atom is -0.480 e. The van der Waals surface area contributed by atoms with Crippen LogP contribution in [0.1, 0.15) is 5.56 Å². The third kappa shape index (κ3) is 2.89. The van der Waals surface area contributed by atoms with Crippen LogP contribution >= 0.6 is 24.8 Å². The zero-order valence-corrected chi connectivity index (χ0v) is 11.2. The van der Waals surface area contributed by atoms with Crippen molar-refractivity contribution in [2.24, 2.45) is 0 Å². The lowest BCUT2D eigenvalue weighted by Gasteiger charge is -2.08. The first kappa shape index (κ1) is 13.1. The second kappa shape index (κ2) is 5.50. The molecule has 0 amide bonds. The SMILES string of the molecule is O=C(O)C(S)C(=S)Cc1ccc2ccccc2c1. The third-order valence-corrected chi connectivity index (χ3v) is 3.82. The lowest BCUT2D eigenvalue weighted by Crippen LogP contribution is -2.24. The molecule has 2 aromatic rings. The molecule has 0 saturated heterocycles. The van der Waals surface area contributed by atoms with Crippen molar-refractivity contribution in [3.8, 4) is 0 Å². The van der Waals surface area contributed by atoms with Gasteiger partial charge in [0, 0.05) is 11.3 Å². The van der Waals surface area contributed by atoms with Crippen molar-refractivity contribution in [3.05, 3.63) is 48.0 Å². The summed E-state index contributed by atoms with van der Waals surface area (Å²) in [5, 5.41) is 10.2. The van der Waals surface area contributed by atoms with Gasteiger partial charge in [-0.15, -0.1) is 0 Å². The zero-order chi connectivity index (χ0) is 13.1. The van der Waals surface area contributed by atoms with Crippen LogP contribution < -0.4 is 0 Å². The van der Waals surface area contributed by atoms with Crippen LogP contribution in [0, 0.1) is 0 Å². The normalized spacial score (nSPS) is 12.3. The average Bonchev–Trinajstić information content (AvgIpc) is 2.37. The number of hydrogen-bond donors (Lipinski definition) is 2. The van der Waals surface area contributed by atoms with Crippen LogP contribution in [0.25, 0.3) is 10.8 Å². The zero-order valence-electron chi connectivity index (χ0n) is 9.54. The Morgan fingerprint density at radius 3 is 2.56 bits per heavy atom. The molecule has 0 aliphatic rings. The van der Waals surface area contributed by atoms with E-state index in [0.717, 1.165) is 16.3 Å². The van der Waals surface area contributed by atoms with Gasteiger partial charge < -0.3 is 5.11 Å². The van der Waals surface area contributed by atoms with Crippen LogP contribution in [0.5, 0.6) is 0 Å². The largest absolute Gasteiger partial charge is 0.480 e. The molecular weight excluding hydrogens is 264 g/mol. The predicted molar refractivity (Wildman–Crippen MR) is 80.7 cm³/mol. The Labute approximate surface area is 116 Å². The molecule has 0 fully saturated rings. The molecule has 1 unspecified atom stereocenters. The van der Waals surface area contributed by atoms with E-state index in [0.29, 0.717) is 11.3 Å². The van der Waals surface area contributed by atoms with Crippen molar-refractivity contribution in [1.29, 1.82) is 0 Å². The van der Waals surface area contributed by atoms with Crippen LogP contribution in [-0.4, -0.2) is 21.2 Å². The summed E-state index contributed by atoms with van der Waals surface area (Å²) < 4.78 is 0. The molecule has 2 nitrogen and oxygen atoms in total. The summed E-state index contributed by atoms with van der Waals surface area (Å²) in [6.07, 6.45) is 0.459. The highest BCUT2D eigenvalue weighted by Crippen LogP contribution is 2.17. The van der Waals surface area contributed by atoms with Gasteiger partial charge in [-0.2, -0.15) is 12.6 Å². The van der Waals surface area contributed by atoms with Gasteiger partial charge in [0.1, 0.15) is 5.25 Å². The van der Waals surface area contributed by atoms with E-state index in [1.54, 1.807) is 0 Å². The van der Waals surface area contributed by atoms with Crippen molar-refractivity contribution in [3.63, 3.8) is 0 Å². The van der Waals surface area contributed by atoms with Crippen molar-refractivity contribution >= 4 is 46.5 Å². The molecule has 2 aromatic carbocycles. The number of aliphatic carboxylic acids is 1. The number of carbonyl (C=O) groups is 1. The number of fused-ring (bicyclic) bond motifs is 1. The Balaban J connectivity index is 2.22. The molecule has 0 heterocycles. The molecule has 0 aliphatic heterocycles. The van der Waals surface area contributed by atoms with Gasteiger partial charge in [-0.05, 0) is 16.3 Å². The van der Waals surface area contributed by atoms with Crippen molar-refractivity contribution in [2.45, 2.75) is 11.7 Å². The summed E-state index contributed by atoms with van der Waals surface area (Å²) in [4.78, 5) is 11.2. The molecule has 4 heteroatoms. The highest BCUT2D eigenvalue weighted by Gasteiger charge is 2.17. The Kier molecular flexibility index (Phi) is 3.99. The monoisotopic (exact) mass is 276 g/mol. The fraction of sp³-hybridized carbons (Fsp3) is 0.143. The number of benzene rings is 2. The first-order chi connectivity index (χ1) is 8.58. The summed E-state index contributed by atoms with van der Waals surface area (Å²) in [5.74, 6) is -0.996. The molecule has 92 valence electrons. The number of hydrogen-bond acceptors (Lipinski definition) is 3. The van der Waals surface area contributed by atoms with Crippen molar-refractivity contribution in [2.75, 3.05) is 0 Å². The van der Waals surface area contributed by atoms with E-state index in [4.69, 9.17) is 17.3 Å². The number of rotatable bonds is 4. The molecular formula is C14H12O2S2. The van der Waals surface area contributed by atoms with Crippen LogP contribution in [0.4, 0.5) is 0 Å². The Hall–Kier alpha value is -1.39. The predicted octanol–water partition coefficient (Wildman–Crippen LogP) is 3.14. The van der Waals surface area contributed by atoms with Gasteiger partial charge in [0.2, 0.25) is 0 Å². The second-order valence-electron chi connectivity index (χ2n) is 4.07. The van der Waals surface area contributed by atoms with Crippen LogP contribution in [0.3, 0.4) is 0 Å². The molecule has 0 aliphatic carbocycles. The second-order valence-corrected chi connectivity index (χ2v) is 5.11.